The number of benzene rings is 1. The van der Waals surface area contributed by atoms with Gasteiger partial charge in [-0.15, -0.1) is 0 Å². The van der Waals surface area contributed by atoms with E-state index in [0.717, 1.165) is 22.4 Å². The number of nitrogens with one attached hydrogen (secondary N) is 1. The molecule has 1 aliphatic carbocycles. The molecule has 2 unspecified atom stereocenters. The number of nitrogens with two attached hydrogens (primary N) is 1. The molecule has 2 atom stereocenters. The van der Waals surface area contributed by atoms with Crippen molar-refractivity contribution in [3.05, 3.63) is 24.5 Å². The van der Waals surface area contributed by atoms with Gasteiger partial charge in [0.1, 0.15) is 12.1 Å². The lowest BCUT2D eigenvalue weighted by molar-refractivity contribution is 0.555. The highest BCUT2D eigenvalue weighted by molar-refractivity contribution is 5.91. The Labute approximate surface area is 107 Å². The molecule has 0 amide bonds. The number of nitrogen functional groups attached to an aromatic ring is 1. The highest BCUT2D eigenvalue weighted by atomic mass is 15.0. The number of hydrogen-bond donors (Lipinski definition) is 2. The average molecular weight is 242 g/mol. The first kappa shape index (κ1) is 11.3. The van der Waals surface area contributed by atoms with Gasteiger partial charge in [-0.1, -0.05) is 13.3 Å². The molecule has 0 saturated heterocycles. The standard InChI is InChI=1S/C14H18N4/c1-9-3-2-4-12(9)18-14-11-7-10(15)5-6-13(11)16-8-17-14/h5-9,12H,2-4,15H2,1H3,(H,16,17,18). The molecule has 0 bridgehead atoms. The summed E-state index contributed by atoms with van der Waals surface area (Å²) in [5.41, 5.74) is 7.53. The van der Waals surface area contributed by atoms with Gasteiger partial charge in [0.05, 0.1) is 5.52 Å². The Morgan fingerprint density at radius 3 is 2.94 bits per heavy atom. The summed E-state index contributed by atoms with van der Waals surface area (Å²) in [7, 11) is 0. The van der Waals surface area contributed by atoms with Gasteiger partial charge in [-0.25, -0.2) is 9.97 Å². The number of rotatable bonds is 2. The molecule has 4 heteroatoms. The molecule has 1 aliphatic rings. The van der Waals surface area contributed by atoms with Crippen molar-refractivity contribution in [1.82, 2.24) is 9.97 Å². The lowest BCUT2D eigenvalue weighted by Gasteiger charge is -2.18. The highest BCUT2D eigenvalue weighted by Crippen LogP contribution is 2.29. The van der Waals surface area contributed by atoms with E-state index >= 15 is 0 Å². The zero-order chi connectivity index (χ0) is 12.5. The van der Waals surface area contributed by atoms with E-state index in [9.17, 15) is 0 Å². The van der Waals surface area contributed by atoms with Crippen molar-refractivity contribution in [3.63, 3.8) is 0 Å². The van der Waals surface area contributed by atoms with Crippen LogP contribution in [0.5, 0.6) is 0 Å². The summed E-state index contributed by atoms with van der Waals surface area (Å²) < 4.78 is 0. The van der Waals surface area contributed by atoms with E-state index in [1.165, 1.54) is 19.3 Å². The normalized spacial score (nSPS) is 23.4. The Bertz CT molecular complexity index is 567. The second-order valence-electron chi connectivity index (χ2n) is 5.16. The number of nitrogens with zero attached hydrogens (tertiary/aromatic N) is 2. The summed E-state index contributed by atoms with van der Waals surface area (Å²) in [6, 6.07) is 6.27. The quantitative estimate of drug-likeness (QED) is 0.795. The molecule has 4 nitrogen and oxygen atoms in total. The van der Waals surface area contributed by atoms with Crippen molar-refractivity contribution < 1.29 is 0 Å². The summed E-state index contributed by atoms with van der Waals surface area (Å²) in [6.45, 7) is 2.29. The number of aromatic nitrogens is 2. The fraction of sp³-hybridized carbons (Fsp3) is 0.429. The van der Waals surface area contributed by atoms with Crippen LogP contribution in [0.3, 0.4) is 0 Å². The van der Waals surface area contributed by atoms with Crippen LogP contribution in [0.1, 0.15) is 26.2 Å². The van der Waals surface area contributed by atoms with Crippen molar-refractivity contribution in [2.75, 3.05) is 11.1 Å². The molecule has 0 aliphatic heterocycles. The molecule has 1 aromatic carbocycles. The average Bonchev–Trinajstić information content (AvgIpc) is 2.76. The molecule has 2 aromatic rings. The molecule has 3 N–H and O–H groups in total. The van der Waals surface area contributed by atoms with Crippen LogP contribution in [-0.4, -0.2) is 16.0 Å². The van der Waals surface area contributed by atoms with Crippen LogP contribution in [0.2, 0.25) is 0 Å². The third-order valence-electron chi connectivity index (χ3n) is 3.84. The van der Waals surface area contributed by atoms with E-state index in [0.29, 0.717) is 12.0 Å². The minimum atomic E-state index is 0.518. The molecule has 18 heavy (non-hydrogen) atoms. The Kier molecular flexibility index (Phi) is 2.78. The van der Waals surface area contributed by atoms with Gasteiger partial charge in [0.15, 0.2) is 0 Å². The number of fused-ring (bicyclic) bond motifs is 1. The van der Waals surface area contributed by atoms with E-state index < -0.39 is 0 Å². The molecule has 1 fully saturated rings. The molecule has 1 aromatic heterocycles. The summed E-state index contributed by atoms with van der Waals surface area (Å²) in [6.07, 6.45) is 5.42. The third-order valence-corrected chi connectivity index (χ3v) is 3.84. The van der Waals surface area contributed by atoms with E-state index in [2.05, 4.69) is 22.2 Å². The van der Waals surface area contributed by atoms with Gasteiger partial charge in [0.25, 0.3) is 0 Å². The Morgan fingerprint density at radius 1 is 1.28 bits per heavy atom. The van der Waals surface area contributed by atoms with Crippen molar-refractivity contribution in [3.8, 4) is 0 Å². The van der Waals surface area contributed by atoms with Gasteiger partial charge in [-0.2, -0.15) is 0 Å². The maximum atomic E-state index is 5.84. The lowest BCUT2D eigenvalue weighted by atomic mass is 10.1. The summed E-state index contributed by atoms with van der Waals surface area (Å²) in [5, 5.41) is 4.56. The van der Waals surface area contributed by atoms with Crippen molar-refractivity contribution in [2.24, 2.45) is 5.92 Å². The SMILES string of the molecule is CC1CCCC1Nc1ncnc2ccc(N)cc12. The lowest BCUT2D eigenvalue weighted by Crippen LogP contribution is -2.22. The maximum Gasteiger partial charge on any atom is 0.137 e. The van der Waals surface area contributed by atoms with Crippen molar-refractivity contribution in [2.45, 2.75) is 32.2 Å². The zero-order valence-corrected chi connectivity index (χ0v) is 10.6. The molecule has 0 spiro atoms. The third kappa shape index (κ3) is 1.98. The molecular formula is C14H18N4. The van der Waals surface area contributed by atoms with Crippen LogP contribution in [0.25, 0.3) is 10.9 Å². The van der Waals surface area contributed by atoms with Crippen LogP contribution < -0.4 is 11.1 Å². The van der Waals surface area contributed by atoms with Gasteiger partial charge in [-0.3, -0.25) is 0 Å². The minimum Gasteiger partial charge on any atom is -0.399 e. The maximum absolute atomic E-state index is 5.84. The fourth-order valence-corrected chi connectivity index (χ4v) is 2.72. The second kappa shape index (κ2) is 4.44. The predicted molar refractivity (Wildman–Crippen MR) is 74.4 cm³/mol. The molecule has 94 valence electrons. The molecule has 1 saturated carbocycles. The first-order valence-electron chi connectivity index (χ1n) is 6.51. The monoisotopic (exact) mass is 242 g/mol. The summed E-state index contributed by atoms with van der Waals surface area (Å²) >= 11 is 0. The van der Waals surface area contributed by atoms with E-state index in [4.69, 9.17) is 5.73 Å². The first-order valence-corrected chi connectivity index (χ1v) is 6.51. The van der Waals surface area contributed by atoms with E-state index in [1.54, 1.807) is 6.33 Å². The van der Waals surface area contributed by atoms with E-state index in [1.807, 2.05) is 18.2 Å². The second-order valence-corrected chi connectivity index (χ2v) is 5.16. The minimum absolute atomic E-state index is 0.518. The Morgan fingerprint density at radius 2 is 2.17 bits per heavy atom. The van der Waals surface area contributed by atoms with Crippen LogP contribution in [0.15, 0.2) is 24.5 Å². The topological polar surface area (TPSA) is 63.8 Å². The number of anilines is 2. The Balaban J connectivity index is 1.98. The summed E-state index contributed by atoms with van der Waals surface area (Å²) in [4.78, 5) is 8.64. The first-order chi connectivity index (χ1) is 8.74. The summed E-state index contributed by atoms with van der Waals surface area (Å²) in [5.74, 6) is 1.61. The van der Waals surface area contributed by atoms with Crippen LogP contribution in [0.4, 0.5) is 11.5 Å². The molecule has 1 heterocycles. The van der Waals surface area contributed by atoms with Gasteiger partial charge in [0, 0.05) is 17.1 Å². The fourth-order valence-electron chi connectivity index (χ4n) is 2.72. The highest BCUT2D eigenvalue weighted by Gasteiger charge is 2.23. The van der Waals surface area contributed by atoms with Gasteiger partial charge in [0.2, 0.25) is 0 Å². The molecule has 0 radical (unpaired) electrons. The molecule has 3 rings (SSSR count). The Hall–Kier alpha value is -1.84. The van der Waals surface area contributed by atoms with Gasteiger partial charge >= 0.3 is 0 Å². The smallest absolute Gasteiger partial charge is 0.137 e. The number of hydrogen-bond acceptors (Lipinski definition) is 4. The largest absolute Gasteiger partial charge is 0.399 e. The zero-order valence-electron chi connectivity index (χ0n) is 10.6. The van der Waals surface area contributed by atoms with Crippen molar-refractivity contribution in [1.29, 1.82) is 0 Å². The van der Waals surface area contributed by atoms with E-state index in [-0.39, 0.29) is 0 Å². The van der Waals surface area contributed by atoms with Crippen LogP contribution in [-0.2, 0) is 0 Å². The predicted octanol–water partition coefficient (Wildman–Crippen LogP) is 2.81. The van der Waals surface area contributed by atoms with Crippen molar-refractivity contribution >= 4 is 22.4 Å². The van der Waals surface area contributed by atoms with Gasteiger partial charge in [-0.05, 0) is 37.0 Å². The van der Waals surface area contributed by atoms with Gasteiger partial charge < -0.3 is 11.1 Å². The molecular weight excluding hydrogens is 224 g/mol. The van der Waals surface area contributed by atoms with Crippen LogP contribution >= 0.6 is 0 Å². The van der Waals surface area contributed by atoms with Crippen LogP contribution in [0, 0.1) is 5.92 Å².